The van der Waals surface area contributed by atoms with Crippen molar-refractivity contribution in [1.82, 2.24) is 0 Å². The molecule has 1 heterocycles. The third kappa shape index (κ3) is 5.19. The second-order valence-electron chi connectivity index (χ2n) is 5.77. The zero-order valence-corrected chi connectivity index (χ0v) is 15.1. The van der Waals surface area contributed by atoms with Crippen molar-refractivity contribution in [1.29, 1.82) is 0 Å². The number of thiophene rings is 1. The van der Waals surface area contributed by atoms with Gasteiger partial charge in [0.25, 0.3) is 0 Å². The molecule has 3 rings (SSSR count). The smallest absolute Gasteiger partial charge is 0.229 e. The molecule has 26 heavy (non-hydrogen) atoms. The van der Waals surface area contributed by atoms with E-state index in [2.05, 4.69) is 16.0 Å². The van der Waals surface area contributed by atoms with Crippen LogP contribution >= 0.6 is 11.3 Å². The first-order chi connectivity index (χ1) is 12.6. The average molecular weight is 365 g/mol. The largest absolute Gasteiger partial charge is 0.356 e. The number of nitrogens with one attached hydrogen (secondary N) is 3. The van der Waals surface area contributed by atoms with E-state index >= 15 is 0 Å². The summed E-state index contributed by atoms with van der Waals surface area (Å²) >= 11 is 1.58. The molecule has 0 spiro atoms. The van der Waals surface area contributed by atoms with Crippen molar-refractivity contribution in [3.8, 4) is 0 Å². The lowest BCUT2D eigenvalue weighted by molar-refractivity contribution is -0.115. The highest BCUT2D eigenvalue weighted by Gasteiger charge is 2.05. The van der Waals surface area contributed by atoms with Gasteiger partial charge < -0.3 is 16.0 Å². The molecule has 132 valence electrons. The van der Waals surface area contributed by atoms with E-state index in [4.69, 9.17) is 0 Å². The van der Waals surface area contributed by atoms with Gasteiger partial charge in [-0.3, -0.25) is 9.59 Å². The second-order valence-corrected chi connectivity index (χ2v) is 6.80. The molecule has 3 N–H and O–H groups in total. The molecule has 0 saturated heterocycles. The first kappa shape index (κ1) is 17.7. The molecule has 0 atom stereocenters. The zero-order valence-electron chi connectivity index (χ0n) is 14.3. The van der Waals surface area contributed by atoms with Crippen molar-refractivity contribution < 1.29 is 9.59 Å². The van der Waals surface area contributed by atoms with Crippen LogP contribution in [0.25, 0.3) is 0 Å². The highest BCUT2D eigenvalue weighted by Crippen LogP contribution is 2.21. The van der Waals surface area contributed by atoms with Gasteiger partial charge in [-0.2, -0.15) is 0 Å². The fourth-order valence-corrected chi connectivity index (χ4v) is 3.12. The molecule has 0 unspecified atom stereocenters. The van der Waals surface area contributed by atoms with E-state index < -0.39 is 0 Å². The summed E-state index contributed by atoms with van der Waals surface area (Å²) in [5, 5.41) is 10.9. The summed E-state index contributed by atoms with van der Waals surface area (Å²) in [6, 6.07) is 18.9. The summed E-state index contributed by atoms with van der Waals surface area (Å²) in [5.41, 5.74) is 3.34. The van der Waals surface area contributed by atoms with Crippen molar-refractivity contribution in [2.75, 3.05) is 16.0 Å². The Bertz CT molecular complexity index is 872. The number of anilines is 4. The number of benzene rings is 2. The molecule has 0 saturated carbocycles. The molecule has 2 amide bonds. The van der Waals surface area contributed by atoms with E-state index in [9.17, 15) is 9.59 Å². The monoisotopic (exact) mass is 365 g/mol. The molecule has 0 aliphatic carbocycles. The lowest BCUT2D eigenvalue weighted by atomic mass is 10.2. The maximum absolute atomic E-state index is 12.0. The van der Waals surface area contributed by atoms with Gasteiger partial charge >= 0.3 is 0 Å². The molecule has 0 radical (unpaired) electrons. The number of amides is 2. The van der Waals surface area contributed by atoms with Gasteiger partial charge in [-0.1, -0.05) is 6.07 Å². The maximum Gasteiger partial charge on any atom is 0.229 e. The van der Waals surface area contributed by atoms with Crippen molar-refractivity contribution >= 4 is 45.9 Å². The van der Waals surface area contributed by atoms with Crippen molar-refractivity contribution in [2.45, 2.75) is 13.3 Å². The van der Waals surface area contributed by atoms with E-state index in [1.807, 2.05) is 66.0 Å². The standard InChI is InChI=1S/C20H19N3O2S/c1-14(24)21-15-4-6-16(7-5-15)22-17-8-10-18(11-9-17)23-20(25)13-19-3-2-12-26-19/h2-12,22H,13H2,1H3,(H,21,24)(H,23,25). The minimum absolute atomic E-state index is 0.0262. The van der Waals surface area contributed by atoms with Crippen LogP contribution in [0, 0.1) is 0 Å². The third-order valence-electron chi connectivity index (χ3n) is 3.58. The van der Waals surface area contributed by atoms with Crippen LogP contribution in [-0.4, -0.2) is 11.8 Å². The highest BCUT2D eigenvalue weighted by atomic mass is 32.1. The van der Waals surface area contributed by atoms with Crippen LogP contribution in [0.3, 0.4) is 0 Å². The zero-order chi connectivity index (χ0) is 18.4. The van der Waals surface area contributed by atoms with Crippen LogP contribution in [0.5, 0.6) is 0 Å². The van der Waals surface area contributed by atoms with Crippen LogP contribution in [0.4, 0.5) is 22.7 Å². The summed E-state index contributed by atoms with van der Waals surface area (Å²) < 4.78 is 0. The summed E-state index contributed by atoms with van der Waals surface area (Å²) in [6.07, 6.45) is 0.387. The number of hydrogen-bond acceptors (Lipinski definition) is 4. The molecule has 0 fully saturated rings. The topological polar surface area (TPSA) is 70.2 Å². The van der Waals surface area contributed by atoms with Gasteiger partial charge in [0, 0.05) is 34.6 Å². The van der Waals surface area contributed by atoms with Crippen molar-refractivity contribution in [3.63, 3.8) is 0 Å². The lowest BCUT2D eigenvalue weighted by Crippen LogP contribution is -2.13. The normalized spacial score (nSPS) is 10.2. The summed E-state index contributed by atoms with van der Waals surface area (Å²) in [5.74, 6) is -0.121. The Kier molecular flexibility index (Phi) is 5.66. The van der Waals surface area contributed by atoms with Crippen molar-refractivity contribution in [3.05, 3.63) is 70.9 Å². The van der Waals surface area contributed by atoms with Crippen LogP contribution in [0.2, 0.25) is 0 Å². The van der Waals surface area contributed by atoms with Crippen LogP contribution in [0.15, 0.2) is 66.0 Å². The van der Waals surface area contributed by atoms with Crippen LogP contribution in [0.1, 0.15) is 11.8 Å². The molecule has 0 bridgehead atoms. The lowest BCUT2D eigenvalue weighted by Gasteiger charge is -2.09. The molecular formula is C20H19N3O2S. The van der Waals surface area contributed by atoms with Crippen molar-refractivity contribution in [2.24, 2.45) is 0 Å². The fraction of sp³-hybridized carbons (Fsp3) is 0.100. The molecule has 2 aromatic carbocycles. The number of rotatable bonds is 6. The number of carbonyl (C=O) groups is 2. The van der Waals surface area contributed by atoms with Gasteiger partial charge in [0.1, 0.15) is 0 Å². The van der Waals surface area contributed by atoms with E-state index in [0.29, 0.717) is 6.42 Å². The minimum atomic E-state index is -0.0950. The highest BCUT2D eigenvalue weighted by molar-refractivity contribution is 7.10. The Morgan fingerprint density at radius 3 is 1.85 bits per heavy atom. The molecule has 1 aromatic heterocycles. The van der Waals surface area contributed by atoms with Gasteiger partial charge in [0.05, 0.1) is 6.42 Å². The van der Waals surface area contributed by atoms with E-state index in [-0.39, 0.29) is 11.8 Å². The predicted octanol–water partition coefficient (Wildman–Crippen LogP) is 4.63. The summed E-state index contributed by atoms with van der Waals surface area (Å²) in [4.78, 5) is 24.1. The average Bonchev–Trinajstić information content (AvgIpc) is 3.11. The van der Waals surface area contributed by atoms with Gasteiger partial charge in [-0.05, 0) is 60.0 Å². The van der Waals surface area contributed by atoms with Crippen LogP contribution in [-0.2, 0) is 16.0 Å². The third-order valence-corrected chi connectivity index (χ3v) is 4.45. The Morgan fingerprint density at radius 2 is 1.35 bits per heavy atom. The molecular weight excluding hydrogens is 346 g/mol. The molecule has 0 aliphatic heterocycles. The second kappa shape index (κ2) is 8.31. The Morgan fingerprint density at radius 1 is 0.808 bits per heavy atom. The van der Waals surface area contributed by atoms with Gasteiger partial charge in [-0.25, -0.2) is 0 Å². The Balaban J connectivity index is 1.55. The molecule has 3 aromatic rings. The van der Waals surface area contributed by atoms with Gasteiger partial charge in [-0.15, -0.1) is 11.3 Å². The number of hydrogen-bond donors (Lipinski definition) is 3. The quantitative estimate of drug-likeness (QED) is 0.596. The molecule has 5 nitrogen and oxygen atoms in total. The summed E-state index contributed by atoms with van der Waals surface area (Å²) in [6.45, 7) is 1.48. The first-order valence-corrected chi connectivity index (χ1v) is 9.03. The van der Waals surface area contributed by atoms with E-state index in [1.165, 1.54) is 6.92 Å². The maximum atomic E-state index is 12.0. The Labute approximate surface area is 156 Å². The van der Waals surface area contributed by atoms with E-state index in [1.54, 1.807) is 11.3 Å². The Hall–Kier alpha value is -3.12. The fourth-order valence-electron chi connectivity index (χ4n) is 2.42. The SMILES string of the molecule is CC(=O)Nc1ccc(Nc2ccc(NC(=O)Cc3cccs3)cc2)cc1. The molecule has 0 aliphatic rings. The van der Waals surface area contributed by atoms with Gasteiger partial charge in [0.15, 0.2) is 0 Å². The predicted molar refractivity (Wildman–Crippen MR) is 107 cm³/mol. The minimum Gasteiger partial charge on any atom is -0.356 e. The number of carbonyl (C=O) groups excluding carboxylic acids is 2. The van der Waals surface area contributed by atoms with Gasteiger partial charge in [0.2, 0.25) is 11.8 Å². The summed E-state index contributed by atoms with van der Waals surface area (Å²) in [7, 11) is 0. The van der Waals surface area contributed by atoms with E-state index in [0.717, 1.165) is 27.6 Å². The first-order valence-electron chi connectivity index (χ1n) is 8.15. The molecule has 6 heteroatoms. The van der Waals surface area contributed by atoms with Crippen LogP contribution < -0.4 is 16.0 Å².